The summed E-state index contributed by atoms with van der Waals surface area (Å²) in [7, 11) is -4.62. The van der Waals surface area contributed by atoms with Crippen LogP contribution < -0.4 is 0 Å². The van der Waals surface area contributed by atoms with E-state index in [0.29, 0.717) is 12.8 Å². The maximum absolute atomic E-state index is 12.6. The smallest absolute Gasteiger partial charge is 0.462 e. The number of esters is 2. The zero-order chi connectivity index (χ0) is 41.2. The molecule has 0 aliphatic carbocycles. The molecular weight excluding hydrogens is 731 g/mol. The standard InChI is InChI=1S/C45H81O10P/c1-3-5-7-9-11-13-15-17-19-20-21-22-23-25-26-28-30-32-34-36-44(48)52-40-43(41-54-56(50,51)53-39-42(47)38-46)55-45(49)37-35-33-31-29-27-24-18-16-14-12-10-8-6-4-2/h10-13,16-19,42-43,46-47H,3-9,14-15,20-41H2,1-2H3,(H,50,51)/b12-10+,13-11+,18-16+,19-17+/t42-,43+/m1/s1. The number of aliphatic hydroxyl groups is 2. The van der Waals surface area contributed by atoms with Crippen molar-refractivity contribution in [1.82, 2.24) is 0 Å². The molecule has 0 aliphatic rings. The van der Waals surface area contributed by atoms with Crippen LogP contribution in [0.5, 0.6) is 0 Å². The summed E-state index contributed by atoms with van der Waals surface area (Å²) in [6.45, 7) is 2.29. The number of allylic oxidation sites excluding steroid dienone is 8. The zero-order valence-electron chi connectivity index (χ0n) is 35.3. The van der Waals surface area contributed by atoms with Crippen LogP contribution in [0.2, 0.25) is 0 Å². The highest BCUT2D eigenvalue weighted by Gasteiger charge is 2.27. The van der Waals surface area contributed by atoms with E-state index in [1.807, 2.05) is 0 Å². The highest BCUT2D eigenvalue weighted by molar-refractivity contribution is 7.47. The van der Waals surface area contributed by atoms with Crippen LogP contribution >= 0.6 is 7.82 Å². The largest absolute Gasteiger partial charge is 0.472 e. The minimum atomic E-state index is -4.62. The molecule has 1 unspecified atom stereocenters. The van der Waals surface area contributed by atoms with Gasteiger partial charge in [-0.3, -0.25) is 18.6 Å². The number of rotatable bonds is 41. The molecule has 0 fully saturated rings. The van der Waals surface area contributed by atoms with Crippen LogP contribution in [-0.4, -0.2) is 65.7 Å². The lowest BCUT2D eigenvalue weighted by Gasteiger charge is -2.20. The van der Waals surface area contributed by atoms with Crippen molar-refractivity contribution in [1.29, 1.82) is 0 Å². The second kappa shape index (κ2) is 41.1. The molecule has 0 amide bonds. The molecule has 0 spiro atoms. The molecule has 326 valence electrons. The fourth-order valence-electron chi connectivity index (χ4n) is 5.74. The van der Waals surface area contributed by atoms with Crippen molar-refractivity contribution in [3.05, 3.63) is 48.6 Å². The van der Waals surface area contributed by atoms with E-state index in [9.17, 15) is 24.2 Å². The average Bonchev–Trinajstić information content (AvgIpc) is 3.19. The Morgan fingerprint density at radius 2 is 0.946 bits per heavy atom. The number of carbonyl (C=O) groups is 2. The fourth-order valence-corrected chi connectivity index (χ4v) is 6.53. The van der Waals surface area contributed by atoms with E-state index >= 15 is 0 Å². The monoisotopic (exact) mass is 813 g/mol. The maximum atomic E-state index is 12.6. The third-order valence-electron chi connectivity index (χ3n) is 9.21. The molecule has 0 heterocycles. The molecule has 0 radical (unpaired) electrons. The van der Waals surface area contributed by atoms with Crippen LogP contribution in [0.15, 0.2) is 48.6 Å². The maximum Gasteiger partial charge on any atom is 0.472 e. The minimum Gasteiger partial charge on any atom is -0.462 e. The third kappa shape index (κ3) is 40.1. The Hall–Kier alpha value is -2.07. The van der Waals surface area contributed by atoms with E-state index in [0.717, 1.165) is 77.0 Å². The molecule has 11 heteroatoms. The summed E-state index contributed by atoms with van der Waals surface area (Å²) >= 11 is 0. The van der Waals surface area contributed by atoms with E-state index in [4.69, 9.17) is 19.1 Å². The average molecular weight is 813 g/mol. The number of carbonyl (C=O) groups excluding carboxylic acids is 2. The van der Waals surface area contributed by atoms with Crippen LogP contribution in [0.25, 0.3) is 0 Å². The number of aliphatic hydroxyl groups excluding tert-OH is 2. The van der Waals surface area contributed by atoms with Gasteiger partial charge in [0.05, 0.1) is 19.8 Å². The lowest BCUT2D eigenvalue weighted by Crippen LogP contribution is -2.29. The molecular formula is C45H81O10P. The SMILES string of the molecule is CCCC/C=C/C/C=C/CCCCCCCC(=O)O[C@@H](COC(=O)CCCCCCCCCCC/C=C/C/C=C/CCCCC)COP(=O)(O)OC[C@H](O)CO. The van der Waals surface area contributed by atoms with Crippen molar-refractivity contribution < 1.29 is 47.8 Å². The number of phosphoric acid groups is 1. The van der Waals surface area contributed by atoms with Gasteiger partial charge in [0.1, 0.15) is 12.7 Å². The Kier molecular flexibility index (Phi) is 39.6. The molecule has 0 rings (SSSR count). The zero-order valence-corrected chi connectivity index (χ0v) is 36.2. The van der Waals surface area contributed by atoms with Gasteiger partial charge in [0, 0.05) is 12.8 Å². The van der Waals surface area contributed by atoms with Crippen LogP contribution in [0, 0.1) is 0 Å². The molecule has 0 aromatic heterocycles. The summed E-state index contributed by atoms with van der Waals surface area (Å²) in [5.41, 5.74) is 0. The second-order valence-electron chi connectivity index (χ2n) is 14.7. The molecule has 10 nitrogen and oxygen atoms in total. The van der Waals surface area contributed by atoms with Gasteiger partial charge in [-0.1, -0.05) is 152 Å². The lowest BCUT2D eigenvalue weighted by atomic mass is 10.1. The number of hydrogen-bond donors (Lipinski definition) is 3. The van der Waals surface area contributed by atoms with Crippen LogP contribution in [0.3, 0.4) is 0 Å². The Bertz CT molecular complexity index is 1070. The van der Waals surface area contributed by atoms with Crippen LogP contribution in [-0.2, 0) is 32.7 Å². The molecule has 56 heavy (non-hydrogen) atoms. The van der Waals surface area contributed by atoms with Gasteiger partial charge in [0.2, 0.25) is 0 Å². The first-order chi connectivity index (χ1) is 27.2. The summed E-state index contributed by atoms with van der Waals surface area (Å²) in [4.78, 5) is 35.0. The van der Waals surface area contributed by atoms with Crippen molar-refractivity contribution >= 4 is 19.8 Å². The Balaban J connectivity index is 4.28. The first kappa shape index (κ1) is 53.9. The van der Waals surface area contributed by atoms with Gasteiger partial charge in [-0.05, 0) is 70.6 Å². The van der Waals surface area contributed by atoms with Gasteiger partial charge >= 0.3 is 19.8 Å². The molecule has 0 aromatic rings. The predicted molar refractivity (Wildman–Crippen MR) is 228 cm³/mol. The first-order valence-electron chi connectivity index (χ1n) is 22.1. The van der Waals surface area contributed by atoms with E-state index < -0.39 is 51.8 Å². The molecule has 0 aliphatic heterocycles. The second-order valence-corrected chi connectivity index (χ2v) is 16.2. The summed E-state index contributed by atoms with van der Waals surface area (Å²) in [5, 5.41) is 18.3. The molecule has 3 atom stereocenters. The minimum absolute atomic E-state index is 0.166. The Morgan fingerprint density at radius 1 is 0.536 bits per heavy atom. The van der Waals surface area contributed by atoms with Gasteiger partial charge in [-0.25, -0.2) is 4.57 Å². The highest BCUT2D eigenvalue weighted by Crippen LogP contribution is 2.43. The van der Waals surface area contributed by atoms with Gasteiger partial charge in [0.25, 0.3) is 0 Å². The number of hydrogen-bond acceptors (Lipinski definition) is 9. The first-order valence-corrected chi connectivity index (χ1v) is 23.6. The number of unbranched alkanes of at least 4 members (excludes halogenated alkanes) is 19. The van der Waals surface area contributed by atoms with Crippen molar-refractivity contribution in [2.45, 2.75) is 199 Å². The van der Waals surface area contributed by atoms with E-state index in [1.165, 1.54) is 70.6 Å². The van der Waals surface area contributed by atoms with E-state index in [2.05, 4.69) is 67.0 Å². The predicted octanol–water partition coefficient (Wildman–Crippen LogP) is 11.7. The molecule has 0 saturated carbocycles. The van der Waals surface area contributed by atoms with Crippen molar-refractivity contribution in [2.24, 2.45) is 0 Å². The quantitative estimate of drug-likeness (QED) is 0.0236. The molecule has 0 saturated heterocycles. The summed E-state index contributed by atoms with van der Waals surface area (Å²) in [6.07, 6.45) is 43.6. The highest BCUT2D eigenvalue weighted by atomic mass is 31.2. The van der Waals surface area contributed by atoms with Crippen molar-refractivity contribution in [3.8, 4) is 0 Å². The Labute approximate surface area is 341 Å². The summed E-state index contributed by atoms with van der Waals surface area (Å²) in [5.74, 6) is -0.946. The van der Waals surface area contributed by atoms with Crippen LogP contribution in [0.1, 0.15) is 187 Å². The summed E-state index contributed by atoms with van der Waals surface area (Å²) in [6, 6.07) is 0. The van der Waals surface area contributed by atoms with Crippen molar-refractivity contribution in [3.63, 3.8) is 0 Å². The normalized spacial score (nSPS) is 14.3. The third-order valence-corrected chi connectivity index (χ3v) is 10.2. The van der Waals surface area contributed by atoms with Crippen molar-refractivity contribution in [2.75, 3.05) is 26.4 Å². The topological polar surface area (TPSA) is 149 Å². The van der Waals surface area contributed by atoms with E-state index in [-0.39, 0.29) is 19.4 Å². The molecule has 0 bridgehead atoms. The van der Waals surface area contributed by atoms with Gasteiger partial charge < -0.3 is 24.6 Å². The summed E-state index contributed by atoms with van der Waals surface area (Å²) < 4.78 is 32.7. The number of ether oxygens (including phenoxy) is 2. The van der Waals surface area contributed by atoms with Gasteiger partial charge in [0.15, 0.2) is 6.10 Å². The van der Waals surface area contributed by atoms with E-state index in [1.54, 1.807) is 0 Å². The van der Waals surface area contributed by atoms with Gasteiger partial charge in [-0.15, -0.1) is 0 Å². The molecule has 0 aromatic carbocycles. The Morgan fingerprint density at radius 3 is 1.43 bits per heavy atom. The lowest BCUT2D eigenvalue weighted by molar-refractivity contribution is -0.161. The number of phosphoric ester groups is 1. The molecule has 3 N–H and O–H groups in total. The van der Waals surface area contributed by atoms with Crippen LogP contribution in [0.4, 0.5) is 0 Å². The fraction of sp³-hybridized carbons (Fsp3) is 0.778. The van der Waals surface area contributed by atoms with Gasteiger partial charge in [-0.2, -0.15) is 0 Å².